The first-order chi connectivity index (χ1) is 10.5. The molecule has 1 saturated heterocycles. The number of morpholine rings is 1. The van der Waals surface area contributed by atoms with Crippen molar-refractivity contribution in [3.05, 3.63) is 29.8 Å². The molecule has 0 spiro atoms. The molecule has 1 heterocycles. The van der Waals surface area contributed by atoms with Crippen molar-refractivity contribution in [2.45, 2.75) is 32.9 Å². The van der Waals surface area contributed by atoms with Gasteiger partial charge in [-0.05, 0) is 45.0 Å². The van der Waals surface area contributed by atoms with Gasteiger partial charge in [-0.15, -0.1) is 0 Å². The Morgan fingerprint density at radius 3 is 2.55 bits per heavy atom. The number of amides is 3. The maximum Gasteiger partial charge on any atom is 0.319 e. The van der Waals surface area contributed by atoms with Crippen LogP contribution in [0.15, 0.2) is 24.3 Å². The summed E-state index contributed by atoms with van der Waals surface area (Å²) in [5, 5.41) is 5.48. The molecule has 6 heteroatoms. The topological polar surface area (TPSA) is 70.7 Å². The molecule has 120 valence electrons. The number of carbonyl (C=O) groups excluding carboxylic acids is 2. The Bertz CT molecular complexity index is 528. The van der Waals surface area contributed by atoms with Crippen molar-refractivity contribution in [3.63, 3.8) is 0 Å². The van der Waals surface area contributed by atoms with Crippen LogP contribution >= 0.6 is 0 Å². The molecule has 0 aliphatic carbocycles. The largest absolute Gasteiger partial charge is 0.375 e. The molecule has 1 unspecified atom stereocenters. The van der Waals surface area contributed by atoms with Crippen LogP contribution in [0.3, 0.4) is 0 Å². The number of nitrogens with one attached hydrogen (secondary N) is 2. The molecule has 2 N–H and O–H groups in total. The van der Waals surface area contributed by atoms with Gasteiger partial charge in [0, 0.05) is 30.4 Å². The van der Waals surface area contributed by atoms with Crippen LogP contribution in [-0.2, 0) is 4.74 Å². The summed E-state index contributed by atoms with van der Waals surface area (Å²) in [6.07, 6.45) is 0.0679. The van der Waals surface area contributed by atoms with E-state index in [0.29, 0.717) is 30.9 Å². The van der Waals surface area contributed by atoms with Crippen LogP contribution in [0.2, 0.25) is 0 Å². The van der Waals surface area contributed by atoms with Crippen molar-refractivity contribution in [2.24, 2.45) is 0 Å². The molecule has 0 aromatic heterocycles. The molecular formula is C16H23N3O3. The second-order valence-electron chi connectivity index (χ2n) is 5.76. The lowest BCUT2D eigenvalue weighted by Gasteiger charge is -2.31. The second-order valence-corrected chi connectivity index (χ2v) is 5.76. The standard InChI is InChI=1S/C16H23N3O3/c1-11(2)17-16(21)18-14-6-4-13(5-7-14)15(20)19-8-9-22-12(3)10-19/h4-7,11-12H,8-10H2,1-3H3,(H2,17,18,21). The Morgan fingerprint density at radius 2 is 1.95 bits per heavy atom. The van der Waals surface area contributed by atoms with Crippen molar-refractivity contribution in [2.75, 3.05) is 25.0 Å². The molecule has 0 radical (unpaired) electrons. The fourth-order valence-corrected chi connectivity index (χ4v) is 2.31. The molecule has 0 saturated carbocycles. The van der Waals surface area contributed by atoms with E-state index < -0.39 is 0 Å². The van der Waals surface area contributed by atoms with Gasteiger partial charge >= 0.3 is 6.03 Å². The number of hydrogen-bond donors (Lipinski definition) is 2. The van der Waals surface area contributed by atoms with E-state index in [9.17, 15) is 9.59 Å². The van der Waals surface area contributed by atoms with E-state index in [1.807, 2.05) is 20.8 Å². The third-order valence-electron chi connectivity index (χ3n) is 3.34. The summed E-state index contributed by atoms with van der Waals surface area (Å²) < 4.78 is 5.44. The molecular weight excluding hydrogens is 282 g/mol. The minimum Gasteiger partial charge on any atom is -0.375 e. The summed E-state index contributed by atoms with van der Waals surface area (Å²) in [6, 6.07) is 6.75. The molecule has 2 rings (SSSR count). The zero-order chi connectivity index (χ0) is 16.1. The van der Waals surface area contributed by atoms with E-state index in [1.165, 1.54) is 0 Å². The van der Waals surface area contributed by atoms with Gasteiger partial charge in [0.25, 0.3) is 5.91 Å². The van der Waals surface area contributed by atoms with Gasteiger partial charge < -0.3 is 20.3 Å². The monoisotopic (exact) mass is 305 g/mol. The minimum atomic E-state index is -0.254. The molecule has 1 aliphatic heterocycles. The van der Waals surface area contributed by atoms with Gasteiger partial charge in [-0.2, -0.15) is 0 Å². The Balaban J connectivity index is 1.96. The predicted octanol–water partition coefficient (Wildman–Crippen LogP) is 2.08. The maximum absolute atomic E-state index is 12.4. The van der Waals surface area contributed by atoms with Crippen LogP contribution in [0.4, 0.5) is 10.5 Å². The maximum atomic E-state index is 12.4. The summed E-state index contributed by atoms with van der Waals surface area (Å²) in [6.45, 7) is 7.53. The lowest BCUT2D eigenvalue weighted by atomic mass is 10.1. The van der Waals surface area contributed by atoms with Crippen LogP contribution in [0.5, 0.6) is 0 Å². The third kappa shape index (κ3) is 4.46. The van der Waals surface area contributed by atoms with Gasteiger partial charge in [-0.1, -0.05) is 0 Å². The van der Waals surface area contributed by atoms with Gasteiger partial charge in [-0.3, -0.25) is 4.79 Å². The molecule has 1 fully saturated rings. The van der Waals surface area contributed by atoms with E-state index in [2.05, 4.69) is 10.6 Å². The number of benzene rings is 1. The predicted molar refractivity (Wildman–Crippen MR) is 85.0 cm³/mol. The first-order valence-electron chi connectivity index (χ1n) is 7.54. The fourth-order valence-electron chi connectivity index (χ4n) is 2.31. The summed E-state index contributed by atoms with van der Waals surface area (Å²) in [7, 11) is 0. The van der Waals surface area contributed by atoms with Gasteiger partial charge in [0.2, 0.25) is 0 Å². The summed E-state index contributed by atoms with van der Waals surface area (Å²) in [5.41, 5.74) is 1.27. The first kappa shape index (κ1) is 16.3. The Labute approximate surface area is 130 Å². The molecule has 1 aliphatic rings. The molecule has 1 aromatic carbocycles. The van der Waals surface area contributed by atoms with Gasteiger partial charge in [0.05, 0.1) is 12.7 Å². The fraction of sp³-hybridized carbons (Fsp3) is 0.500. The number of ether oxygens (including phenoxy) is 1. The SMILES string of the molecule is CC(C)NC(=O)Nc1ccc(C(=O)N2CCOC(C)C2)cc1. The first-order valence-corrected chi connectivity index (χ1v) is 7.54. The Hall–Kier alpha value is -2.08. The van der Waals surface area contributed by atoms with Crippen LogP contribution in [0.25, 0.3) is 0 Å². The number of rotatable bonds is 3. The van der Waals surface area contributed by atoms with Crippen LogP contribution < -0.4 is 10.6 Å². The summed E-state index contributed by atoms with van der Waals surface area (Å²) >= 11 is 0. The number of anilines is 1. The van der Waals surface area contributed by atoms with E-state index in [0.717, 1.165) is 0 Å². The van der Waals surface area contributed by atoms with Crippen molar-refractivity contribution in [1.82, 2.24) is 10.2 Å². The van der Waals surface area contributed by atoms with E-state index in [4.69, 9.17) is 4.74 Å². The normalized spacial score (nSPS) is 18.2. The zero-order valence-corrected chi connectivity index (χ0v) is 13.3. The Morgan fingerprint density at radius 1 is 1.27 bits per heavy atom. The molecule has 6 nitrogen and oxygen atoms in total. The van der Waals surface area contributed by atoms with Gasteiger partial charge in [0.15, 0.2) is 0 Å². The number of nitrogens with zero attached hydrogens (tertiary/aromatic N) is 1. The van der Waals surface area contributed by atoms with Gasteiger partial charge in [0.1, 0.15) is 0 Å². The van der Waals surface area contributed by atoms with E-state index >= 15 is 0 Å². The smallest absolute Gasteiger partial charge is 0.319 e. The lowest BCUT2D eigenvalue weighted by molar-refractivity contribution is -0.0124. The van der Waals surface area contributed by atoms with Crippen molar-refractivity contribution >= 4 is 17.6 Å². The highest BCUT2D eigenvalue weighted by atomic mass is 16.5. The van der Waals surface area contributed by atoms with Crippen LogP contribution in [0, 0.1) is 0 Å². The lowest BCUT2D eigenvalue weighted by Crippen LogP contribution is -2.44. The van der Waals surface area contributed by atoms with Crippen LogP contribution in [0.1, 0.15) is 31.1 Å². The number of carbonyl (C=O) groups is 2. The Kier molecular flexibility index (Phi) is 5.38. The zero-order valence-electron chi connectivity index (χ0n) is 13.3. The number of urea groups is 1. The van der Waals surface area contributed by atoms with Crippen LogP contribution in [-0.4, -0.2) is 48.7 Å². The summed E-state index contributed by atoms with van der Waals surface area (Å²) in [5.74, 6) is -0.00617. The average Bonchev–Trinajstić information content (AvgIpc) is 2.46. The number of hydrogen-bond acceptors (Lipinski definition) is 3. The van der Waals surface area contributed by atoms with E-state index in [1.54, 1.807) is 29.2 Å². The quantitative estimate of drug-likeness (QED) is 0.898. The average molecular weight is 305 g/mol. The molecule has 3 amide bonds. The highest BCUT2D eigenvalue weighted by molar-refractivity contribution is 5.95. The third-order valence-corrected chi connectivity index (χ3v) is 3.34. The molecule has 1 aromatic rings. The van der Waals surface area contributed by atoms with Crippen molar-refractivity contribution < 1.29 is 14.3 Å². The minimum absolute atomic E-state index is 0.00617. The van der Waals surface area contributed by atoms with Crippen molar-refractivity contribution in [3.8, 4) is 0 Å². The molecule has 22 heavy (non-hydrogen) atoms. The molecule has 1 atom stereocenters. The summed E-state index contributed by atoms with van der Waals surface area (Å²) in [4.78, 5) is 25.8. The highest BCUT2D eigenvalue weighted by Gasteiger charge is 2.22. The molecule has 0 bridgehead atoms. The van der Waals surface area contributed by atoms with Gasteiger partial charge in [-0.25, -0.2) is 4.79 Å². The highest BCUT2D eigenvalue weighted by Crippen LogP contribution is 2.14. The van der Waals surface area contributed by atoms with E-state index in [-0.39, 0.29) is 24.1 Å². The van der Waals surface area contributed by atoms with Crippen molar-refractivity contribution in [1.29, 1.82) is 0 Å². The second kappa shape index (κ2) is 7.26.